The Labute approximate surface area is 133 Å². The first-order chi connectivity index (χ1) is 10.2. The van der Waals surface area contributed by atoms with Gasteiger partial charge in [0.15, 0.2) is 0 Å². The molecule has 2 aliphatic heterocycles. The molecule has 0 aliphatic carbocycles. The van der Waals surface area contributed by atoms with Gasteiger partial charge < -0.3 is 10.1 Å². The van der Waals surface area contributed by atoms with Crippen LogP contribution < -0.4 is 5.32 Å². The number of rotatable bonds is 1. The first-order valence-electron chi connectivity index (χ1n) is 7.46. The molecule has 3 atom stereocenters. The van der Waals surface area contributed by atoms with Crippen molar-refractivity contribution in [1.82, 2.24) is 0 Å². The molecule has 0 unspecified atom stereocenters. The summed E-state index contributed by atoms with van der Waals surface area (Å²) in [4.78, 5) is 0. The van der Waals surface area contributed by atoms with Gasteiger partial charge in [0.2, 0.25) is 0 Å². The summed E-state index contributed by atoms with van der Waals surface area (Å²) < 4.78 is 7.19. The van der Waals surface area contributed by atoms with Crippen molar-refractivity contribution in [1.29, 1.82) is 0 Å². The number of fused-ring (bicyclic) bond motifs is 3. The molecule has 0 aromatic heterocycles. The minimum absolute atomic E-state index is 0.231. The van der Waals surface area contributed by atoms with Gasteiger partial charge in [-0.25, -0.2) is 0 Å². The lowest BCUT2D eigenvalue weighted by Gasteiger charge is -2.36. The lowest BCUT2D eigenvalue weighted by molar-refractivity contribution is 0.0829. The zero-order chi connectivity index (χ0) is 14.4. The molecule has 2 heterocycles. The summed E-state index contributed by atoms with van der Waals surface area (Å²) in [6.45, 7) is 3.00. The number of halogens is 1. The fourth-order valence-corrected chi connectivity index (χ4v) is 3.86. The summed E-state index contributed by atoms with van der Waals surface area (Å²) in [5.74, 6) is 0.514. The Balaban J connectivity index is 1.77. The Bertz CT molecular complexity index is 667. The maximum atomic E-state index is 6.06. The maximum absolute atomic E-state index is 6.06. The van der Waals surface area contributed by atoms with Gasteiger partial charge in [-0.3, -0.25) is 0 Å². The zero-order valence-corrected chi connectivity index (χ0v) is 13.6. The van der Waals surface area contributed by atoms with Crippen molar-refractivity contribution in [3.8, 4) is 0 Å². The van der Waals surface area contributed by atoms with Crippen LogP contribution in [0.3, 0.4) is 0 Å². The van der Waals surface area contributed by atoms with Crippen LogP contribution in [0.5, 0.6) is 0 Å². The van der Waals surface area contributed by atoms with E-state index in [1.165, 1.54) is 22.4 Å². The first-order valence-corrected chi connectivity index (χ1v) is 8.26. The average Bonchev–Trinajstić information content (AvgIpc) is 2.97. The molecule has 0 radical (unpaired) electrons. The van der Waals surface area contributed by atoms with Gasteiger partial charge in [-0.1, -0.05) is 45.8 Å². The second-order valence-corrected chi connectivity index (χ2v) is 6.92. The zero-order valence-electron chi connectivity index (χ0n) is 12.0. The molecule has 21 heavy (non-hydrogen) atoms. The smallest absolute Gasteiger partial charge is 0.0896 e. The summed E-state index contributed by atoms with van der Waals surface area (Å²) in [7, 11) is 0. The van der Waals surface area contributed by atoms with E-state index < -0.39 is 0 Å². The SMILES string of the molecule is Cc1ccc2c(c1)[C@H]1OCC[C@H]1[C@@H](c1ccc(Br)cc1)N2. The maximum Gasteiger partial charge on any atom is 0.0896 e. The van der Waals surface area contributed by atoms with Crippen LogP contribution in [0.4, 0.5) is 5.69 Å². The van der Waals surface area contributed by atoms with Gasteiger partial charge in [0.1, 0.15) is 0 Å². The van der Waals surface area contributed by atoms with Crippen LogP contribution in [0.15, 0.2) is 46.9 Å². The highest BCUT2D eigenvalue weighted by molar-refractivity contribution is 9.10. The third-order valence-electron chi connectivity index (χ3n) is 4.62. The molecule has 3 heteroatoms. The standard InChI is InChI=1S/C18H18BrNO/c1-11-2-7-16-15(10-11)18-14(8-9-21-18)17(20-16)12-3-5-13(19)6-4-12/h2-7,10,14,17-18,20H,8-9H2,1H3/t14-,17+,18-/m0/s1. The van der Waals surface area contributed by atoms with E-state index in [0.29, 0.717) is 12.0 Å². The topological polar surface area (TPSA) is 21.3 Å². The predicted molar refractivity (Wildman–Crippen MR) is 88.5 cm³/mol. The molecule has 1 N–H and O–H groups in total. The number of aryl methyl sites for hydroxylation is 1. The molecule has 1 fully saturated rings. The van der Waals surface area contributed by atoms with Crippen LogP contribution in [0.25, 0.3) is 0 Å². The summed E-state index contributed by atoms with van der Waals surface area (Å²) >= 11 is 3.51. The quantitative estimate of drug-likeness (QED) is 0.786. The van der Waals surface area contributed by atoms with E-state index in [1.807, 2.05) is 0 Å². The normalized spacial score (nSPS) is 26.9. The number of hydrogen-bond acceptors (Lipinski definition) is 2. The van der Waals surface area contributed by atoms with Crippen LogP contribution in [-0.2, 0) is 4.74 Å². The number of hydrogen-bond donors (Lipinski definition) is 1. The van der Waals surface area contributed by atoms with E-state index in [2.05, 4.69) is 70.6 Å². The lowest BCUT2D eigenvalue weighted by Crippen LogP contribution is -2.29. The second kappa shape index (κ2) is 5.15. The highest BCUT2D eigenvalue weighted by atomic mass is 79.9. The first kappa shape index (κ1) is 13.4. The molecule has 0 spiro atoms. The number of anilines is 1. The number of ether oxygens (including phenoxy) is 1. The molecular weight excluding hydrogens is 326 g/mol. The minimum atomic E-state index is 0.231. The van der Waals surface area contributed by atoms with Crippen molar-refractivity contribution in [2.75, 3.05) is 11.9 Å². The van der Waals surface area contributed by atoms with Crippen molar-refractivity contribution >= 4 is 21.6 Å². The molecule has 4 rings (SSSR count). The number of nitrogens with one attached hydrogen (secondary N) is 1. The molecule has 108 valence electrons. The van der Waals surface area contributed by atoms with E-state index in [0.717, 1.165) is 17.5 Å². The monoisotopic (exact) mass is 343 g/mol. The van der Waals surface area contributed by atoms with Crippen molar-refractivity contribution in [2.24, 2.45) is 5.92 Å². The molecule has 2 nitrogen and oxygen atoms in total. The molecule has 1 saturated heterocycles. The Morgan fingerprint density at radius 1 is 1.14 bits per heavy atom. The van der Waals surface area contributed by atoms with Crippen molar-refractivity contribution < 1.29 is 4.74 Å². The van der Waals surface area contributed by atoms with Gasteiger partial charge in [0.05, 0.1) is 12.1 Å². The number of benzene rings is 2. The Kier molecular flexibility index (Phi) is 3.27. The molecule has 2 aliphatic rings. The third-order valence-corrected chi connectivity index (χ3v) is 5.15. The second-order valence-electron chi connectivity index (χ2n) is 6.01. The largest absolute Gasteiger partial charge is 0.378 e. The summed E-state index contributed by atoms with van der Waals surface area (Å²) in [6.07, 6.45) is 1.35. The van der Waals surface area contributed by atoms with E-state index >= 15 is 0 Å². The Hall–Kier alpha value is -1.32. The van der Waals surface area contributed by atoms with Crippen molar-refractivity contribution in [3.05, 3.63) is 63.6 Å². The van der Waals surface area contributed by atoms with Gasteiger partial charge in [-0.15, -0.1) is 0 Å². The van der Waals surface area contributed by atoms with Gasteiger partial charge in [-0.05, 0) is 37.1 Å². The lowest BCUT2D eigenvalue weighted by atomic mass is 9.81. The van der Waals surface area contributed by atoms with E-state index in [1.54, 1.807) is 0 Å². The summed E-state index contributed by atoms with van der Waals surface area (Å²) in [6, 6.07) is 15.6. The molecule has 2 aromatic carbocycles. The molecule has 2 aromatic rings. The van der Waals surface area contributed by atoms with E-state index in [4.69, 9.17) is 4.74 Å². The van der Waals surface area contributed by atoms with Gasteiger partial charge in [0, 0.05) is 28.2 Å². The molecule has 0 bridgehead atoms. The van der Waals surface area contributed by atoms with Crippen molar-refractivity contribution in [3.63, 3.8) is 0 Å². The summed E-state index contributed by atoms with van der Waals surface area (Å²) in [5, 5.41) is 3.74. The van der Waals surface area contributed by atoms with Gasteiger partial charge in [0.25, 0.3) is 0 Å². The molecule has 0 amide bonds. The molecule has 0 saturated carbocycles. The Morgan fingerprint density at radius 2 is 1.95 bits per heavy atom. The highest BCUT2D eigenvalue weighted by Crippen LogP contribution is 2.49. The van der Waals surface area contributed by atoms with Gasteiger partial charge >= 0.3 is 0 Å². The van der Waals surface area contributed by atoms with Crippen LogP contribution in [-0.4, -0.2) is 6.61 Å². The van der Waals surface area contributed by atoms with Crippen LogP contribution in [0, 0.1) is 12.8 Å². The van der Waals surface area contributed by atoms with Crippen LogP contribution in [0.1, 0.15) is 35.3 Å². The Morgan fingerprint density at radius 3 is 2.76 bits per heavy atom. The highest BCUT2D eigenvalue weighted by Gasteiger charge is 2.41. The van der Waals surface area contributed by atoms with Crippen molar-refractivity contribution in [2.45, 2.75) is 25.5 Å². The van der Waals surface area contributed by atoms with Crippen LogP contribution >= 0.6 is 15.9 Å². The van der Waals surface area contributed by atoms with E-state index in [-0.39, 0.29) is 6.10 Å². The summed E-state index contributed by atoms with van der Waals surface area (Å²) in [5.41, 5.74) is 5.18. The van der Waals surface area contributed by atoms with Gasteiger partial charge in [-0.2, -0.15) is 0 Å². The predicted octanol–water partition coefficient (Wildman–Crippen LogP) is 5.00. The fourth-order valence-electron chi connectivity index (χ4n) is 3.59. The minimum Gasteiger partial charge on any atom is -0.378 e. The third kappa shape index (κ3) is 2.29. The van der Waals surface area contributed by atoms with E-state index in [9.17, 15) is 0 Å². The van der Waals surface area contributed by atoms with Crippen LogP contribution in [0.2, 0.25) is 0 Å². The fraction of sp³-hybridized carbons (Fsp3) is 0.333. The molecular formula is C18H18BrNO. The average molecular weight is 344 g/mol.